The molecule has 1 fully saturated rings. The van der Waals surface area contributed by atoms with Crippen molar-refractivity contribution >= 4 is 35.2 Å². The molecule has 0 aliphatic carbocycles. The van der Waals surface area contributed by atoms with Crippen LogP contribution in [0.5, 0.6) is 5.75 Å². The molecular weight excluding hydrogens is 364 g/mol. The summed E-state index contributed by atoms with van der Waals surface area (Å²) in [5.41, 5.74) is 1.74. The lowest BCUT2D eigenvalue weighted by molar-refractivity contribution is -0.118. The number of nitrogens with one attached hydrogen (secondary N) is 1. The zero-order valence-electron chi connectivity index (χ0n) is 15.0. The summed E-state index contributed by atoms with van der Waals surface area (Å²) in [7, 11) is 1.61. The van der Waals surface area contributed by atoms with Crippen LogP contribution in [0.4, 0.5) is 5.69 Å². The minimum Gasteiger partial charge on any atom is -0.497 e. The molecule has 2 aromatic carbocycles. The van der Waals surface area contributed by atoms with Gasteiger partial charge in [-0.05, 0) is 48.0 Å². The molecule has 27 heavy (non-hydrogen) atoms. The lowest BCUT2D eigenvalue weighted by Gasteiger charge is -2.17. The third-order valence-corrected chi connectivity index (χ3v) is 4.70. The molecule has 1 atom stereocenters. The van der Waals surface area contributed by atoms with Crippen LogP contribution in [0.1, 0.15) is 12.0 Å². The monoisotopic (exact) mass is 384 g/mol. The summed E-state index contributed by atoms with van der Waals surface area (Å²) in [6.07, 6.45) is 3.66. The van der Waals surface area contributed by atoms with Crippen LogP contribution in [-0.2, 0) is 9.59 Å². The summed E-state index contributed by atoms with van der Waals surface area (Å²) in [6.45, 7) is 1.05. The fourth-order valence-corrected chi connectivity index (χ4v) is 3.11. The van der Waals surface area contributed by atoms with Crippen LogP contribution in [0.15, 0.2) is 54.6 Å². The number of nitrogens with zero attached hydrogens (tertiary/aromatic N) is 1. The third-order valence-electron chi connectivity index (χ3n) is 4.45. The lowest BCUT2D eigenvalue weighted by atomic mass is 10.1. The normalized spacial score (nSPS) is 16.7. The van der Waals surface area contributed by atoms with Crippen molar-refractivity contribution in [2.45, 2.75) is 6.42 Å². The van der Waals surface area contributed by atoms with Crippen LogP contribution in [0.3, 0.4) is 0 Å². The first-order chi connectivity index (χ1) is 13.0. The first-order valence-electron chi connectivity index (χ1n) is 8.71. The molecule has 0 radical (unpaired) electrons. The molecule has 2 amide bonds. The largest absolute Gasteiger partial charge is 0.497 e. The highest BCUT2D eigenvalue weighted by molar-refractivity contribution is 6.30. The maximum Gasteiger partial charge on any atom is 0.244 e. The van der Waals surface area contributed by atoms with Gasteiger partial charge < -0.3 is 15.0 Å². The van der Waals surface area contributed by atoms with Crippen molar-refractivity contribution in [1.29, 1.82) is 0 Å². The van der Waals surface area contributed by atoms with Crippen molar-refractivity contribution in [2.24, 2.45) is 5.92 Å². The van der Waals surface area contributed by atoms with Crippen LogP contribution in [-0.4, -0.2) is 32.0 Å². The van der Waals surface area contributed by atoms with E-state index in [1.165, 1.54) is 6.08 Å². The van der Waals surface area contributed by atoms with Gasteiger partial charge in [-0.25, -0.2) is 0 Å². The first kappa shape index (κ1) is 19.0. The number of benzene rings is 2. The van der Waals surface area contributed by atoms with Gasteiger partial charge in [0.15, 0.2) is 0 Å². The van der Waals surface area contributed by atoms with E-state index >= 15 is 0 Å². The van der Waals surface area contributed by atoms with Gasteiger partial charge in [-0.1, -0.05) is 23.7 Å². The Morgan fingerprint density at radius 2 is 1.93 bits per heavy atom. The van der Waals surface area contributed by atoms with Crippen LogP contribution < -0.4 is 15.0 Å². The van der Waals surface area contributed by atoms with E-state index in [4.69, 9.17) is 16.3 Å². The molecular formula is C21H21ClN2O3. The molecule has 140 valence electrons. The van der Waals surface area contributed by atoms with Crippen molar-refractivity contribution in [2.75, 3.05) is 25.1 Å². The van der Waals surface area contributed by atoms with Crippen molar-refractivity contribution < 1.29 is 14.3 Å². The van der Waals surface area contributed by atoms with Gasteiger partial charge in [0.2, 0.25) is 11.8 Å². The van der Waals surface area contributed by atoms with Gasteiger partial charge in [0.1, 0.15) is 5.75 Å². The van der Waals surface area contributed by atoms with E-state index in [-0.39, 0.29) is 17.7 Å². The molecule has 0 saturated carbocycles. The lowest BCUT2D eigenvalue weighted by Crippen LogP contribution is -2.30. The van der Waals surface area contributed by atoms with Gasteiger partial charge in [-0.2, -0.15) is 0 Å². The highest BCUT2D eigenvalue weighted by atomic mass is 35.5. The van der Waals surface area contributed by atoms with Gasteiger partial charge in [-0.15, -0.1) is 0 Å². The molecule has 0 aromatic heterocycles. The number of amides is 2. The van der Waals surface area contributed by atoms with Crippen LogP contribution in [0.25, 0.3) is 6.08 Å². The number of hydrogen-bond donors (Lipinski definition) is 1. The molecule has 1 N–H and O–H groups in total. The number of ether oxygens (including phenoxy) is 1. The minimum atomic E-state index is -0.178. The second kappa shape index (κ2) is 8.73. The highest BCUT2D eigenvalue weighted by Crippen LogP contribution is 2.25. The zero-order valence-corrected chi connectivity index (χ0v) is 15.8. The summed E-state index contributed by atoms with van der Waals surface area (Å²) in [5.74, 6) is 0.743. The van der Waals surface area contributed by atoms with E-state index in [2.05, 4.69) is 5.32 Å². The van der Waals surface area contributed by atoms with Gasteiger partial charge >= 0.3 is 0 Å². The molecule has 1 aliphatic heterocycles. The second-order valence-corrected chi connectivity index (χ2v) is 6.84. The predicted octanol–water partition coefficient (Wildman–Crippen LogP) is 3.53. The van der Waals surface area contributed by atoms with E-state index in [0.29, 0.717) is 24.5 Å². The molecule has 1 unspecified atom stereocenters. The van der Waals surface area contributed by atoms with Crippen molar-refractivity contribution in [1.82, 2.24) is 5.32 Å². The summed E-state index contributed by atoms with van der Waals surface area (Å²) in [4.78, 5) is 26.0. The molecule has 2 aromatic rings. The molecule has 0 spiro atoms. The summed E-state index contributed by atoms with van der Waals surface area (Å²) >= 11 is 5.89. The summed E-state index contributed by atoms with van der Waals surface area (Å²) < 4.78 is 5.10. The van der Waals surface area contributed by atoms with Gasteiger partial charge in [0.05, 0.1) is 7.11 Å². The Bertz CT molecular complexity index is 832. The highest BCUT2D eigenvalue weighted by Gasteiger charge is 2.30. The summed E-state index contributed by atoms with van der Waals surface area (Å²) in [6, 6.07) is 14.6. The number of carbonyl (C=O) groups is 2. The number of halogens is 1. The number of methoxy groups -OCH3 is 1. The van der Waals surface area contributed by atoms with E-state index < -0.39 is 0 Å². The first-order valence-corrected chi connectivity index (χ1v) is 9.09. The van der Waals surface area contributed by atoms with Crippen molar-refractivity contribution in [3.8, 4) is 5.75 Å². The standard InChI is InChI=1S/C21H21ClN2O3/c1-27-19-9-2-15(3-10-19)4-11-20(25)23-13-16-12-21(26)24(14-16)18-7-5-17(22)6-8-18/h2-11,16H,12-14H2,1H3,(H,23,25)/b11-4-. The smallest absolute Gasteiger partial charge is 0.244 e. The molecule has 1 heterocycles. The second-order valence-electron chi connectivity index (χ2n) is 6.40. The minimum absolute atomic E-state index is 0.0605. The number of rotatable bonds is 6. The Kier molecular flexibility index (Phi) is 6.14. The maximum absolute atomic E-state index is 12.2. The Hall–Kier alpha value is -2.79. The predicted molar refractivity (Wildman–Crippen MR) is 107 cm³/mol. The van der Waals surface area contributed by atoms with Crippen molar-refractivity contribution in [3.05, 3.63) is 65.2 Å². The zero-order chi connectivity index (χ0) is 19.2. The van der Waals surface area contributed by atoms with Crippen LogP contribution >= 0.6 is 11.6 Å². The third kappa shape index (κ3) is 5.11. The van der Waals surface area contributed by atoms with Gasteiger partial charge in [0, 0.05) is 42.2 Å². The van der Waals surface area contributed by atoms with Gasteiger partial charge in [-0.3, -0.25) is 9.59 Å². The van der Waals surface area contributed by atoms with E-state index in [1.807, 2.05) is 36.4 Å². The molecule has 1 aliphatic rings. The van der Waals surface area contributed by atoms with Crippen LogP contribution in [0.2, 0.25) is 5.02 Å². The fraction of sp³-hybridized carbons (Fsp3) is 0.238. The Balaban J connectivity index is 1.49. The SMILES string of the molecule is COc1ccc(/C=C\C(=O)NCC2CC(=O)N(c3ccc(Cl)cc3)C2)cc1. The number of hydrogen-bond acceptors (Lipinski definition) is 3. The van der Waals surface area contributed by atoms with E-state index in [9.17, 15) is 9.59 Å². The Morgan fingerprint density at radius 3 is 2.59 bits per heavy atom. The average Bonchev–Trinajstić information content (AvgIpc) is 3.06. The Labute approximate surface area is 163 Å². The van der Waals surface area contributed by atoms with E-state index in [0.717, 1.165) is 17.0 Å². The average molecular weight is 385 g/mol. The number of anilines is 1. The molecule has 1 saturated heterocycles. The molecule has 0 bridgehead atoms. The van der Waals surface area contributed by atoms with Crippen molar-refractivity contribution in [3.63, 3.8) is 0 Å². The number of carbonyl (C=O) groups excluding carboxylic acids is 2. The summed E-state index contributed by atoms with van der Waals surface area (Å²) in [5, 5.41) is 3.51. The Morgan fingerprint density at radius 1 is 1.22 bits per heavy atom. The fourth-order valence-electron chi connectivity index (χ4n) is 2.98. The molecule has 6 heteroatoms. The quantitative estimate of drug-likeness (QED) is 0.775. The van der Waals surface area contributed by atoms with Crippen LogP contribution in [0, 0.1) is 5.92 Å². The maximum atomic E-state index is 12.2. The molecule has 3 rings (SSSR count). The van der Waals surface area contributed by atoms with Gasteiger partial charge in [0.25, 0.3) is 0 Å². The van der Waals surface area contributed by atoms with E-state index in [1.54, 1.807) is 30.2 Å². The topological polar surface area (TPSA) is 58.6 Å². The molecule has 5 nitrogen and oxygen atoms in total.